The van der Waals surface area contributed by atoms with Gasteiger partial charge in [-0.3, -0.25) is 4.90 Å². The van der Waals surface area contributed by atoms with Crippen molar-refractivity contribution >= 4 is 5.69 Å². The molecule has 0 aromatic heterocycles. The summed E-state index contributed by atoms with van der Waals surface area (Å²) in [6.07, 6.45) is 0.932. The molecule has 5 nitrogen and oxygen atoms in total. The van der Waals surface area contributed by atoms with Crippen LogP contribution in [0.4, 0.5) is 5.69 Å². The molecule has 0 amide bonds. The summed E-state index contributed by atoms with van der Waals surface area (Å²) < 4.78 is 10.7. The highest BCUT2D eigenvalue weighted by Crippen LogP contribution is 2.40. The minimum atomic E-state index is 0.642. The van der Waals surface area contributed by atoms with Crippen LogP contribution in [0.3, 0.4) is 0 Å². The maximum atomic E-state index is 6.16. The second-order valence-electron chi connectivity index (χ2n) is 4.48. The average Bonchev–Trinajstić information content (AvgIpc) is 2.38. The van der Waals surface area contributed by atoms with Crippen molar-refractivity contribution in [1.29, 1.82) is 0 Å². The first-order valence-electron chi connectivity index (χ1n) is 6.15. The lowest BCUT2D eigenvalue weighted by atomic mass is 9.96. The van der Waals surface area contributed by atoms with Gasteiger partial charge in [0.2, 0.25) is 0 Å². The number of anilines is 1. The Morgan fingerprint density at radius 1 is 1.33 bits per heavy atom. The quantitative estimate of drug-likeness (QED) is 0.767. The first-order valence-corrected chi connectivity index (χ1v) is 6.15. The molecule has 1 heterocycles. The molecule has 1 aromatic rings. The third-order valence-corrected chi connectivity index (χ3v) is 3.43. The van der Waals surface area contributed by atoms with Gasteiger partial charge in [-0.1, -0.05) is 0 Å². The highest BCUT2D eigenvalue weighted by molar-refractivity contribution is 5.68. The molecule has 2 rings (SSSR count). The van der Waals surface area contributed by atoms with Crippen LogP contribution in [0.5, 0.6) is 11.5 Å². The Labute approximate surface area is 108 Å². The van der Waals surface area contributed by atoms with E-state index in [9.17, 15) is 0 Å². The van der Waals surface area contributed by atoms with Gasteiger partial charge in [0.05, 0.1) is 19.9 Å². The van der Waals surface area contributed by atoms with E-state index < -0.39 is 0 Å². The van der Waals surface area contributed by atoms with E-state index in [1.54, 1.807) is 14.2 Å². The Morgan fingerprint density at radius 2 is 2.11 bits per heavy atom. The van der Waals surface area contributed by atoms with Crippen LogP contribution in [0.15, 0.2) is 6.07 Å². The molecule has 1 aromatic carbocycles. The number of nitrogens with zero attached hydrogens (tertiary/aromatic N) is 1. The molecule has 0 unspecified atom stereocenters. The smallest absolute Gasteiger partial charge is 0.184 e. The fourth-order valence-corrected chi connectivity index (χ4v) is 2.52. The largest absolute Gasteiger partial charge is 0.493 e. The van der Waals surface area contributed by atoms with E-state index in [0.29, 0.717) is 23.7 Å². The third-order valence-electron chi connectivity index (χ3n) is 3.43. The van der Waals surface area contributed by atoms with Gasteiger partial charge >= 0.3 is 0 Å². The van der Waals surface area contributed by atoms with E-state index in [1.807, 2.05) is 6.07 Å². The first-order chi connectivity index (χ1) is 8.71. The van der Waals surface area contributed by atoms with Gasteiger partial charge in [-0.05, 0) is 23.6 Å². The summed E-state index contributed by atoms with van der Waals surface area (Å²) in [6.45, 7) is 3.45. The van der Waals surface area contributed by atoms with Gasteiger partial charge < -0.3 is 20.9 Å². The topological polar surface area (TPSA) is 73.7 Å². The minimum Gasteiger partial charge on any atom is -0.493 e. The minimum absolute atomic E-state index is 0.642. The van der Waals surface area contributed by atoms with Crippen molar-refractivity contribution in [3.05, 3.63) is 17.2 Å². The van der Waals surface area contributed by atoms with Crippen LogP contribution in [-0.2, 0) is 13.0 Å². The van der Waals surface area contributed by atoms with Crippen LogP contribution in [0.2, 0.25) is 0 Å². The maximum absolute atomic E-state index is 6.16. The Balaban J connectivity index is 2.37. The van der Waals surface area contributed by atoms with Crippen molar-refractivity contribution in [1.82, 2.24) is 4.90 Å². The van der Waals surface area contributed by atoms with Gasteiger partial charge in [-0.2, -0.15) is 0 Å². The molecule has 0 radical (unpaired) electrons. The van der Waals surface area contributed by atoms with Gasteiger partial charge in [0, 0.05) is 26.2 Å². The summed E-state index contributed by atoms with van der Waals surface area (Å²) in [4.78, 5) is 2.33. The molecule has 1 aliphatic rings. The number of benzene rings is 1. The summed E-state index contributed by atoms with van der Waals surface area (Å²) in [6, 6.07) is 2.02. The van der Waals surface area contributed by atoms with Crippen LogP contribution < -0.4 is 20.9 Å². The summed E-state index contributed by atoms with van der Waals surface area (Å²) in [7, 11) is 3.24. The normalized spacial score (nSPS) is 15.3. The molecule has 0 aliphatic carbocycles. The van der Waals surface area contributed by atoms with Crippen LogP contribution >= 0.6 is 0 Å². The van der Waals surface area contributed by atoms with Crippen LogP contribution in [0.25, 0.3) is 0 Å². The Kier molecular flexibility index (Phi) is 3.93. The van der Waals surface area contributed by atoms with Gasteiger partial charge in [-0.15, -0.1) is 0 Å². The van der Waals surface area contributed by atoms with Crippen LogP contribution in [0.1, 0.15) is 11.1 Å². The molecule has 0 atom stereocenters. The molecule has 18 heavy (non-hydrogen) atoms. The summed E-state index contributed by atoms with van der Waals surface area (Å²) in [5.74, 6) is 1.34. The highest BCUT2D eigenvalue weighted by Gasteiger charge is 2.22. The first kappa shape index (κ1) is 13.0. The van der Waals surface area contributed by atoms with Gasteiger partial charge in [-0.25, -0.2) is 0 Å². The molecule has 100 valence electrons. The predicted octanol–water partition coefficient (Wildman–Crippen LogP) is 0.603. The molecule has 4 N–H and O–H groups in total. The fourth-order valence-electron chi connectivity index (χ4n) is 2.52. The second-order valence-corrected chi connectivity index (χ2v) is 4.48. The van der Waals surface area contributed by atoms with E-state index in [2.05, 4.69) is 4.90 Å². The van der Waals surface area contributed by atoms with Crippen molar-refractivity contribution in [3.8, 4) is 11.5 Å². The van der Waals surface area contributed by atoms with Crippen molar-refractivity contribution in [2.24, 2.45) is 5.73 Å². The van der Waals surface area contributed by atoms with E-state index in [4.69, 9.17) is 20.9 Å². The van der Waals surface area contributed by atoms with Crippen molar-refractivity contribution in [2.75, 3.05) is 39.6 Å². The number of nitrogen functional groups attached to an aromatic ring is 1. The predicted molar refractivity (Wildman–Crippen MR) is 72.0 cm³/mol. The van der Waals surface area contributed by atoms with E-state index in [1.165, 1.54) is 11.1 Å². The van der Waals surface area contributed by atoms with Crippen LogP contribution in [0, 0.1) is 0 Å². The third kappa shape index (κ3) is 2.23. The lowest BCUT2D eigenvalue weighted by Gasteiger charge is -2.30. The van der Waals surface area contributed by atoms with Crippen LogP contribution in [-0.4, -0.2) is 38.8 Å². The molecule has 0 bridgehead atoms. The average molecular weight is 251 g/mol. The second kappa shape index (κ2) is 5.46. The molecule has 0 fully saturated rings. The number of nitrogens with two attached hydrogens (primary N) is 2. The molecule has 0 saturated heterocycles. The standard InChI is InChI=1S/C13H21N3O2/c1-17-11-7-9-8-16(6-4-14)5-3-10(9)12(15)13(11)18-2/h7H,3-6,8,14-15H2,1-2H3. The number of methoxy groups -OCH3 is 2. The zero-order chi connectivity index (χ0) is 13.1. The van der Waals surface area contributed by atoms with Crippen molar-refractivity contribution in [2.45, 2.75) is 13.0 Å². The Hall–Kier alpha value is -1.46. The van der Waals surface area contributed by atoms with Gasteiger partial charge in [0.25, 0.3) is 0 Å². The molecular formula is C13H21N3O2. The number of hydrogen-bond donors (Lipinski definition) is 2. The van der Waals surface area contributed by atoms with Crippen molar-refractivity contribution < 1.29 is 9.47 Å². The van der Waals surface area contributed by atoms with Crippen molar-refractivity contribution in [3.63, 3.8) is 0 Å². The highest BCUT2D eigenvalue weighted by atomic mass is 16.5. The maximum Gasteiger partial charge on any atom is 0.184 e. The van der Waals surface area contributed by atoms with Gasteiger partial charge in [0.1, 0.15) is 0 Å². The number of ether oxygens (including phenoxy) is 2. The summed E-state index contributed by atoms with van der Waals surface area (Å²) in [5, 5.41) is 0. The molecule has 0 saturated carbocycles. The monoisotopic (exact) mass is 251 g/mol. The van der Waals surface area contributed by atoms with Gasteiger partial charge in [0.15, 0.2) is 11.5 Å². The molecule has 0 spiro atoms. The summed E-state index contributed by atoms with van der Waals surface area (Å²) in [5.41, 5.74) is 14.9. The number of fused-ring (bicyclic) bond motifs is 1. The number of rotatable bonds is 4. The zero-order valence-electron chi connectivity index (χ0n) is 11.0. The van der Waals surface area contributed by atoms with E-state index >= 15 is 0 Å². The lowest BCUT2D eigenvalue weighted by Crippen LogP contribution is -2.34. The Morgan fingerprint density at radius 3 is 2.72 bits per heavy atom. The Bertz CT molecular complexity index is 435. The van der Waals surface area contributed by atoms with E-state index in [-0.39, 0.29) is 0 Å². The summed E-state index contributed by atoms with van der Waals surface area (Å²) >= 11 is 0. The molecular weight excluding hydrogens is 230 g/mol. The number of hydrogen-bond acceptors (Lipinski definition) is 5. The SMILES string of the molecule is COc1cc2c(c(N)c1OC)CCN(CCN)C2. The molecule has 1 aliphatic heterocycles. The van der Waals surface area contributed by atoms with E-state index in [0.717, 1.165) is 26.1 Å². The zero-order valence-corrected chi connectivity index (χ0v) is 11.0. The lowest BCUT2D eigenvalue weighted by molar-refractivity contribution is 0.260. The molecule has 5 heteroatoms. The fraction of sp³-hybridized carbons (Fsp3) is 0.538.